The lowest BCUT2D eigenvalue weighted by Gasteiger charge is -2.25. The lowest BCUT2D eigenvalue weighted by atomic mass is 10.2. The first kappa shape index (κ1) is 23.2. The standard InChI is InChI=1S/C26H23N5O2S/c1-18-13-14-23(28-17-18)31-25(33)21-11-6-7-12-22(21)29-26(31)34-19(2)24(32)30(16-8-15-27)20-9-4-3-5-10-20/h3-7,9-14,17,19H,8,16H2,1-2H3. The predicted octanol–water partition coefficient (Wildman–Crippen LogP) is 4.52. The fourth-order valence-corrected chi connectivity index (χ4v) is 4.53. The normalized spacial score (nSPS) is 11.7. The van der Waals surface area contributed by atoms with Crippen LogP contribution in [0.25, 0.3) is 16.7 Å². The molecule has 0 aliphatic carbocycles. The van der Waals surface area contributed by atoms with Crippen molar-refractivity contribution in [1.29, 1.82) is 5.26 Å². The van der Waals surface area contributed by atoms with E-state index in [1.54, 1.807) is 42.3 Å². The summed E-state index contributed by atoms with van der Waals surface area (Å²) >= 11 is 1.20. The van der Waals surface area contributed by atoms with Gasteiger partial charge in [-0.25, -0.2) is 14.5 Å². The zero-order valence-electron chi connectivity index (χ0n) is 18.9. The number of amides is 1. The van der Waals surface area contributed by atoms with Gasteiger partial charge in [-0.1, -0.05) is 48.2 Å². The van der Waals surface area contributed by atoms with Crippen molar-refractivity contribution in [2.75, 3.05) is 11.4 Å². The number of nitriles is 1. The number of hydrogen-bond donors (Lipinski definition) is 0. The van der Waals surface area contributed by atoms with Crippen molar-refractivity contribution in [2.45, 2.75) is 30.7 Å². The van der Waals surface area contributed by atoms with Gasteiger partial charge in [-0.15, -0.1) is 0 Å². The SMILES string of the molecule is Cc1ccc(-n2c(SC(C)C(=O)N(CCC#N)c3ccccc3)nc3ccccc3c2=O)nc1. The molecule has 4 aromatic rings. The average molecular weight is 470 g/mol. The Balaban J connectivity index is 1.75. The molecule has 0 saturated carbocycles. The molecule has 0 saturated heterocycles. The van der Waals surface area contributed by atoms with Crippen LogP contribution in [0.4, 0.5) is 5.69 Å². The van der Waals surface area contributed by atoms with Crippen LogP contribution in [0.2, 0.25) is 0 Å². The summed E-state index contributed by atoms with van der Waals surface area (Å²) in [5.74, 6) is 0.276. The summed E-state index contributed by atoms with van der Waals surface area (Å²) in [5, 5.41) is 9.38. The van der Waals surface area contributed by atoms with Gasteiger partial charge in [0.2, 0.25) is 5.91 Å². The van der Waals surface area contributed by atoms with Crippen molar-refractivity contribution in [3.63, 3.8) is 0 Å². The first-order chi connectivity index (χ1) is 16.5. The van der Waals surface area contributed by atoms with E-state index in [4.69, 9.17) is 10.2 Å². The van der Waals surface area contributed by atoms with Crippen LogP contribution in [0.15, 0.2) is 82.9 Å². The Morgan fingerprint density at radius 3 is 2.56 bits per heavy atom. The van der Waals surface area contributed by atoms with Crippen molar-refractivity contribution in [3.05, 3.63) is 88.8 Å². The zero-order chi connectivity index (χ0) is 24.1. The molecule has 170 valence electrons. The van der Waals surface area contributed by atoms with Crippen LogP contribution >= 0.6 is 11.8 Å². The van der Waals surface area contributed by atoms with Crippen molar-refractivity contribution in [3.8, 4) is 11.9 Å². The van der Waals surface area contributed by atoms with Gasteiger partial charge in [0.25, 0.3) is 5.56 Å². The summed E-state index contributed by atoms with van der Waals surface area (Å²) in [6.45, 7) is 3.99. The molecule has 0 radical (unpaired) electrons. The summed E-state index contributed by atoms with van der Waals surface area (Å²) in [6.07, 6.45) is 1.91. The second-order valence-corrected chi connectivity index (χ2v) is 9.05. The van der Waals surface area contributed by atoms with Gasteiger partial charge in [-0.05, 0) is 49.7 Å². The number of nitrogens with zero attached hydrogens (tertiary/aromatic N) is 5. The van der Waals surface area contributed by atoms with Crippen LogP contribution in [-0.2, 0) is 4.79 Å². The molecule has 4 rings (SSSR count). The quantitative estimate of drug-likeness (QED) is 0.292. The van der Waals surface area contributed by atoms with E-state index in [2.05, 4.69) is 11.1 Å². The van der Waals surface area contributed by atoms with Gasteiger partial charge in [0, 0.05) is 18.4 Å². The number of aryl methyl sites for hydroxylation is 1. The molecule has 34 heavy (non-hydrogen) atoms. The minimum absolute atomic E-state index is 0.169. The lowest BCUT2D eigenvalue weighted by molar-refractivity contribution is -0.117. The highest BCUT2D eigenvalue weighted by Gasteiger charge is 2.25. The maximum Gasteiger partial charge on any atom is 0.267 e. The van der Waals surface area contributed by atoms with E-state index < -0.39 is 5.25 Å². The predicted molar refractivity (Wildman–Crippen MR) is 134 cm³/mol. The number of thioether (sulfide) groups is 1. The van der Waals surface area contributed by atoms with Gasteiger partial charge in [0.05, 0.1) is 28.6 Å². The minimum atomic E-state index is -0.566. The molecule has 7 nitrogen and oxygen atoms in total. The number of para-hydroxylation sites is 2. The number of pyridine rings is 1. The maximum absolute atomic E-state index is 13.5. The zero-order valence-corrected chi connectivity index (χ0v) is 19.7. The van der Waals surface area contributed by atoms with E-state index in [9.17, 15) is 9.59 Å². The Hall–Kier alpha value is -3.96. The topological polar surface area (TPSA) is 91.9 Å². The highest BCUT2D eigenvalue weighted by atomic mass is 32.2. The van der Waals surface area contributed by atoms with Crippen molar-refractivity contribution in [2.24, 2.45) is 0 Å². The van der Waals surface area contributed by atoms with Gasteiger partial charge in [-0.2, -0.15) is 5.26 Å². The van der Waals surface area contributed by atoms with Gasteiger partial charge < -0.3 is 4.90 Å². The van der Waals surface area contributed by atoms with Gasteiger partial charge in [0.1, 0.15) is 5.82 Å². The molecule has 8 heteroatoms. The Morgan fingerprint density at radius 1 is 1.12 bits per heavy atom. The first-order valence-corrected chi connectivity index (χ1v) is 11.7. The van der Waals surface area contributed by atoms with E-state index in [1.807, 2.05) is 49.4 Å². The Labute approximate surface area is 201 Å². The molecule has 0 aliphatic heterocycles. The second kappa shape index (κ2) is 10.3. The fourth-order valence-electron chi connectivity index (χ4n) is 3.55. The molecule has 2 aromatic heterocycles. The molecular weight excluding hydrogens is 446 g/mol. The molecule has 0 bridgehead atoms. The second-order valence-electron chi connectivity index (χ2n) is 7.74. The van der Waals surface area contributed by atoms with Crippen LogP contribution in [0, 0.1) is 18.3 Å². The third kappa shape index (κ3) is 4.85. The molecular formula is C26H23N5O2S. The third-order valence-corrected chi connectivity index (χ3v) is 6.32. The van der Waals surface area contributed by atoms with Crippen LogP contribution in [-0.4, -0.2) is 32.2 Å². The van der Waals surface area contributed by atoms with E-state index in [0.29, 0.717) is 21.9 Å². The molecule has 2 heterocycles. The van der Waals surface area contributed by atoms with E-state index in [1.165, 1.54) is 16.3 Å². The average Bonchev–Trinajstić information content (AvgIpc) is 2.86. The number of hydrogen-bond acceptors (Lipinski definition) is 6. The highest BCUT2D eigenvalue weighted by molar-refractivity contribution is 8.00. The summed E-state index contributed by atoms with van der Waals surface area (Å²) in [6, 6.07) is 22.2. The molecule has 0 spiro atoms. The molecule has 2 aromatic carbocycles. The number of rotatable bonds is 7. The fraction of sp³-hybridized carbons (Fsp3) is 0.192. The summed E-state index contributed by atoms with van der Waals surface area (Å²) < 4.78 is 1.46. The number of carbonyl (C=O) groups is 1. The number of aromatic nitrogens is 3. The van der Waals surface area contributed by atoms with E-state index in [0.717, 1.165) is 11.3 Å². The maximum atomic E-state index is 13.5. The molecule has 1 unspecified atom stereocenters. The van der Waals surface area contributed by atoms with Crippen molar-refractivity contribution < 1.29 is 4.79 Å². The van der Waals surface area contributed by atoms with E-state index in [-0.39, 0.29) is 24.4 Å². The summed E-state index contributed by atoms with van der Waals surface area (Å²) in [5.41, 5.74) is 2.01. The van der Waals surface area contributed by atoms with Crippen LogP contribution < -0.4 is 10.5 Å². The van der Waals surface area contributed by atoms with Crippen LogP contribution in [0.5, 0.6) is 0 Å². The molecule has 1 atom stereocenters. The molecule has 0 fully saturated rings. The number of anilines is 1. The third-order valence-electron chi connectivity index (χ3n) is 5.28. The minimum Gasteiger partial charge on any atom is -0.310 e. The Morgan fingerprint density at radius 2 is 1.85 bits per heavy atom. The number of carbonyl (C=O) groups excluding carboxylic acids is 1. The summed E-state index contributed by atoms with van der Waals surface area (Å²) in [7, 11) is 0. The smallest absolute Gasteiger partial charge is 0.267 e. The first-order valence-electron chi connectivity index (χ1n) is 10.8. The monoisotopic (exact) mass is 469 g/mol. The van der Waals surface area contributed by atoms with Gasteiger partial charge >= 0.3 is 0 Å². The summed E-state index contributed by atoms with van der Waals surface area (Å²) in [4.78, 5) is 37.6. The van der Waals surface area contributed by atoms with E-state index >= 15 is 0 Å². The Bertz CT molecular complexity index is 1410. The molecule has 1 amide bonds. The molecule has 0 N–H and O–H groups in total. The van der Waals surface area contributed by atoms with Crippen LogP contribution in [0.1, 0.15) is 18.9 Å². The number of fused-ring (bicyclic) bond motifs is 1. The lowest BCUT2D eigenvalue weighted by Crippen LogP contribution is -2.37. The van der Waals surface area contributed by atoms with Crippen molar-refractivity contribution >= 4 is 34.3 Å². The van der Waals surface area contributed by atoms with Gasteiger partial charge in [-0.3, -0.25) is 9.59 Å². The van der Waals surface area contributed by atoms with Crippen molar-refractivity contribution in [1.82, 2.24) is 14.5 Å². The largest absolute Gasteiger partial charge is 0.310 e. The molecule has 0 aliphatic rings. The highest BCUT2D eigenvalue weighted by Crippen LogP contribution is 2.27. The van der Waals surface area contributed by atoms with Crippen LogP contribution in [0.3, 0.4) is 0 Å². The Kier molecular flexibility index (Phi) is 7.04. The van der Waals surface area contributed by atoms with Gasteiger partial charge in [0.15, 0.2) is 5.16 Å². The number of benzene rings is 2.